The van der Waals surface area contributed by atoms with Crippen LogP contribution in [0.2, 0.25) is 0 Å². The van der Waals surface area contributed by atoms with Crippen LogP contribution in [0.4, 0.5) is 11.4 Å². The van der Waals surface area contributed by atoms with Crippen molar-refractivity contribution in [2.24, 2.45) is 0 Å². The number of pyridine rings is 1. The fourth-order valence-electron chi connectivity index (χ4n) is 3.26. The van der Waals surface area contributed by atoms with E-state index >= 15 is 0 Å². The summed E-state index contributed by atoms with van der Waals surface area (Å²) in [6.45, 7) is 0.611. The molecule has 2 heterocycles. The van der Waals surface area contributed by atoms with Crippen molar-refractivity contribution in [1.29, 1.82) is 0 Å². The molecule has 3 aromatic rings. The van der Waals surface area contributed by atoms with Crippen molar-refractivity contribution in [1.82, 2.24) is 4.98 Å². The number of aromatic nitrogens is 1. The molecule has 140 valence electrons. The SMILES string of the molecule is COc1cccc(NC(=O)c2cccc(C(=O)N3CCc4ccccc43)n2)c1. The Hall–Kier alpha value is -3.67. The molecule has 1 aromatic heterocycles. The molecular formula is C22H19N3O3. The van der Waals surface area contributed by atoms with E-state index < -0.39 is 0 Å². The number of hydrogen-bond donors (Lipinski definition) is 1. The van der Waals surface area contributed by atoms with Crippen LogP contribution in [0.5, 0.6) is 5.75 Å². The zero-order valence-corrected chi connectivity index (χ0v) is 15.4. The summed E-state index contributed by atoms with van der Waals surface area (Å²) in [5.74, 6) is 0.0492. The second kappa shape index (κ2) is 7.52. The Balaban J connectivity index is 1.54. The first kappa shape index (κ1) is 17.7. The number of fused-ring (bicyclic) bond motifs is 1. The second-order valence-electron chi connectivity index (χ2n) is 6.43. The van der Waals surface area contributed by atoms with E-state index in [0.29, 0.717) is 18.0 Å². The third-order valence-electron chi connectivity index (χ3n) is 4.66. The Labute approximate surface area is 162 Å². The normalized spacial score (nSPS) is 12.4. The molecule has 1 aliphatic rings. The van der Waals surface area contributed by atoms with Gasteiger partial charge < -0.3 is 15.0 Å². The van der Waals surface area contributed by atoms with Gasteiger partial charge in [0.1, 0.15) is 17.1 Å². The number of amides is 2. The van der Waals surface area contributed by atoms with Gasteiger partial charge in [-0.3, -0.25) is 9.59 Å². The number of nitrogens with zero attached hydrogens (tertiary/aromatic N) is 2. The molecule has 1 aliphatic heterocycles. The Kier molecular flexibility index (Phi) is 4.76. The van der Waals surface area contributed by atoms with E-state index in [1.807, 2.05) is 24.3 Å². The van der Waals surface area contributed by atoms with Gasteiger partial charge in [-0.25, -0.2) is 4.98 Å². The third kappa shape index (κ3) is 3.44. The second-order valence-corrected chi connectivity index (χ2v) is 6.43. The summed E-state index contributed by atoms with van der Waals surface area (Å²) >= 11 is 0. The van der Waals surface area contributed by atoms with Gasteiger partial charge in [-0.2, -0.15) is 0 Å². The first-order valence-electron chi connectivity index (χ1n) is 8.98. The van der Waals surface area contributed by atoms with Crippen LogP contribution in [0, 0.1) is 0 Å². The summed E-state index contributed by atoms with van der Waals surface area (Å²) in [4.78, 5) is 31.5. The Bertz CT molecular complexity index is 1050. The Morgan fingerprint density at radius 2 is 1.79 bits per heavy atom. The predicted molar refractivity (Wildman–Crippen MR) is 107 cm³/mol. The maximum Gasteiger partial charge on any atom is 0.276 e. The molecule has 0 radical (unpaired) electrons. The number of ether oxygens (including phenoxy) is 1. The lowest BCUT2D eigenvalue weighted by Gasteiger charge is -2.17. The molecule has 0 saturated heterocycles. The number of nitrogens with one attached hydrogen (secondary N) is 1. The number of carbonyl (C=O) groups excluding carboxylic acids is 2. The summed E-state index contributed by atoms with van der Waals surface area (Å²) in [5.41, 5.74) is 3.07. The van der Waals surface area contributed by atoms with Gasteiger partial charge >= 0.3 is 0 Å². The van der Waals surface area contributed by atoms with Gasteiger partial charge in [-0.15, -0.1) is 0 Å². The van der Waals surface area contributed by atoms with Crippen LogP contribution in [0.1, 0.15) is 26.5 Å². The van der Waals surface area contributed by atoms with Gasteiger partial charge in [-0.1, -0.05) is 30.3 Å². The monoisotopic (exact) mass is 373 g/mol. The highest BCUT2D eigenvalue weighted by atomic mass is 16.5. The van der Waals surface area contributed by atoms with Crippen LogP contribution in [-0.2, 0) is 6.42 Å². The van der Waals surface area contributed by atoms with Crippen molar-refractivity contribution >= 4 is 23.2 Å². The van der Waals surface area contributed by atoms with Gasteiger partial charge in [0.05, 0.1) is 7.11 Å². The molecule has 0 fully saturated rings. The largest absolute Gasteiger partial charge is 0.497 e. The standard InChI is InChI=1S/C22H19N3O3/c1-28-17-8-4-7-16(14-17)23-21(26)18-9-5-10-19(24-18)22(27)25-13-12-15-6-2-3-11-20(15)25/h2-11,14H,12-13H2,1H3,(H,23,26). The topological polar surface area (TPSA) is 71.5 Å². The van der Waals surface area contributed by atoms with Gasteiger partial charge in [-0.05, 0) is 42.3 Å². The molecule has 0 aliphatic carbocycles. The van der Waals surface area contributed by atoms with E-state index in [1.165, 1.54) is 0 Å². The lowest BCUT2D eigenvalue weighted by Crippen LogP contribution is -2.30. The number of carbonyl (C=O) groups is 2. The average molecular weight is 373 g/mol. The van der Waals surface area contributed by atoms with Crippen LogP contribution in [0.3, 0.4) is 0 Å². The quantitative estimate of drug-likeness (QED) is 0.759. The van der Waals surface area contributed by atoms with Crippen molar-refractivity contribution in [2.45, 2.75) is 6.42 Å². The van der Waals surface area contributed by atoms with E-state index in [4.69, 9.17) is 4.74 Å². The van der Waals surface area contributed by atoms with Crippen molar-refractivity contribution in [3.8, 4) is 5.75 Å². The molecule has 0 unspecified atom stereocenters. The molecule has 28 heavy (non-hydrogen) atoms. The van der Waals surface area contributed by atoms with Crippen molar-refractivity contribution in [2.75, 3.05) is 23.9 Å². The van der Waals surface area contributed by atoms with E-state index in [9.17, 15) is 9.59 Å². The highest BCUT2D eigenvalue weighted by Crippen LogP contribution is 2.28. The highest BCUT2D eigenvalue weighted by molar-refractivity contribution is 6.08. The zero-order valence-electron chi connectivity index (χ0n) is 15.4. The van der Waals surface area contributed by atoms with E-state index in [0.717, 1.165) is 17.7 Å². The Morgan fingerprint density at radius 3 is 2.64 bits per heavy atom. The van der Waals surface area contributed by atoms with E-state index in [-0.39, 0.29) is 23.2 Å². The third-order valence-corrected chi connectivity index (χ3v) is 4.66. The minimum Gasteiger partial charge on any atom is -0.497 e. The summed E-state index contributed by atoms with van der Waals surface area (Å²) in [5, 5.41) is 2.78. The number of para-hydroxylation sites is 1. The van der Waals surface area contributed by atoms with Gasteiger partial charge in [0.25, 0.3) is 11.8 Å². The summed E-state index contributed by atoms with van der Waals surface area (Å²) in [6.07, 6.45) is 0.817. The predicted octanol–water partition coefficient (Wildman–Crippen LogP) is 3.55. The average Bonchev–Trinajstić information content (AvgIpc) is 3.17. The Morgan fingerprint density at radius 1 is 1.00 bits per heavy atom. The molecule has 2 amide bonds. The number of anilines is 2. The van der Waals surface area contributed by atoms with Crippen molar-refractivity contribution in [3.05, 3.63) is 83.7 Å². The van der Waals surface area contributed by atoms with Crippen LogP contribution >= 0.6 is 0 Å². The molecule has 6 nitrogen and oxygen atoms in total. The molecule has 0 saturated carbocycles. The van der Waals surface area contributed by atoms with Crippen molar-refractivity contribution in [3.63, 3.8) is 0 Å². The maximum atomic E-state index is 12.9. The zero-order chi connectivity index (χ0) is 19.5. The van der Waals surface area contributed by atoms with E-state index in [2.05, 4.69) is 10.3 Å². The minimum atomic E-state index is -0.385. The lowest BCUT2D eigenvalue weighted by molar-refractivity contribution is 0.0984. The van der Waals surface area contributed by atoms with Gasteiger partial charge in [0, 0.05) is 24.0 Å². The smallest absolute Gasteiger partial charge is 0.276 e. The first-order valence-corrected chi connectivity index (χ1v) is 8.98. The van der Waals surface area contributed by atoms with Gasteiger partial charge in [0.2, 0.25) is 0 Å². The lowest BCUT2D eigenvalue weighted by atomic mass is 10.2. The number of benzene rings is 2. The van der Waals surface area contributed by atoms with Crippen molar-refractivity contribution < 1.29 is 14.3 Å². The van der Waals surface area contributed by atoms with Gasteiger partial charge in [0.15, 0.2) is 0 Å². The highest BCUT2D eigenvalue weighted by Gasteiger charge is 2.26. The fourth-order valence-corrected chi connectivity index (χ4v) is 3.26. The minimum absolute atomic E-state index is 0.182. The maximum absolute atomic E-state index is 12.9. The summed E-state index contributed by atoms with van der Waals surface area (Å²) in [7, 11) is 1.56. The molecule has 0 bridgehead atoms. The molecule has 6 heteroatoms. The summed E-state index contributed by atoms with van der Waals surface area (Å²) in [6, 6.07) is 19.8. The molecule has 0 spiro atoms. The summed E-state index contributed by atoms with van der Waals surface area (Å²) < 4.78 is 5.16. The number of methoxy groups -OCH3 is 1. The molecule has 0 atom stereocenters. The van der Waals surface area contributed by atoms with Crippen LogP contribution in [-0.4, -0.2) is 30.5 Å². The molecule has 1 N–H and O–H groups in total. The fraction of sp³-hybridized carbons (Fsp3) is 0.136. The molecular weight excluding hydrogens is 354 g/mol. The molecule has 4 rings (SSSR count). The molecule has 2 aromatic carbocycles. The number of rotatable bonds is 4. The van der Waals surface area contributed by atoms with Crippen LogP contribution < -0.4 is 15.0 Å². The first-order chi connectivity index (χ1) is 13.7. The number of hydrogen-bond acceptors (Lipinski definition) is 4. The van der Waals surface area contributed by atoms with Crippen LogP contribution in [0.15, 0.2) is 66.7 Å². The van der Waals surface area contributed by atoms with E-state index in [1.54, 1.807) is 54.5 Å². The van der Waals surface area contributed by atoms with Crippen LogP contribution in [0.25, 0.3) is 0 Å².